The summed E-state index contributed by atoms with van der Waals surface area (Å²) in [5.74, 6) is 1.39. The molecule has 0 unspecified atom stereocenters. The van der Waals surface area contributed by atoms with Crippen molar-refractivity contribution in [3.8, 4) is 23.1 Å². The van der Waals surface area contributed by atoms with Crippen LogP contribution in [0.4, 0.5) is 5.82 Å². The van der Waals surface area contributed by atoms with Crippen LogP contribution in [-0.2, 0) is 6.42 Å². The molecule has 0 fully saturated rings. The Balaban J connectivity index is 1.43. The van der Waals surface area contributed by atoms with Crippen LogP contribution in [0.15, 0.2) is 61.6 Å². The van der Waals surface area contributed by atoms with Crippen LogP contribution in [0.25, 0.3) is 11.3 Å². The molecule has 33 heavy (non-hydrogen) atoms. The van der Waals surface area contributed by atoms with Crippen LogP contribution in [0, 0.1) is 11.3 Å². The third kappa shape index (κ3) is 5.15. The fraction of sp³-hybridized carbons (Fsp3) is 0.240. The second-order valence-electron chi connectivity index (χ2n) is 7.53. The van der Waals surface area contributed by atoms with Gasteiger partial charge in [0.1, 0.15) is 17.9 Å². The van der Waals surface area contributed by atoms with Crippen molar-refractivity contribution < 1.29 is 9.53 Å². The lowest BCUT2D eigenvalue weighted by Crippen LogP contribution is -2.24. The van der Waals surface area contributed by atoms with E-state index < -0.39 is 0 Å². The van der Waals surface area contributed by atoms with E-state index in [1.54, 1.807) is 12.1 Å². The Labute approximate surface area is 192 Å². The molecule has 1 atom stereocenters. The number of benzene rings is 1. The van der Waals surface area contributed by atoms with E-state index in [1.165, 1.54) is 6.33 Å². The Morgan fingerprint density at radius 3 is 2.88 bits per heavy atom. The molecule has 1 aliphatic heterocycles. The summed E-state index contributed by atoms with van der Waals surface area (Å²) in [6.07, 6.45) is 6.33. The largest absolute Gasteiger partial charge is 0.491 e. The molecule has 0 bridgehead atoms. The molecule has 0 radical (unpaired) electrons. The first-order chi connectivity index (χ1) is 16.2. The van der Waals surface area contributed by atoms with E-state index in [0.29, 0.717) is 31.1 Å². The van der Waals surface area contributed by atoms with Gasteiger partial charge in [-0.3, -0.25) is 9.78 Å². The molecule has 0 spiro atoms. The van der Waals surface area contributed by atoms with Crippen LogP contribution >= 0.6 is 0 Å². The maximum Gasteiger partial charge on any atom is 0.251 e. The van der Waals surface area contributed by atoms with Crippen molar-refractivity contribution in [2.75, 3.05) is 25.0 Å². The number of ether oxygens (including phenoxy) is 1. The number of nitrogens with one attached hydrogen (secondary N) is 2. The van der Waals surface area contributed by atoms with Crippen LogP contribution in [0.3, 0.4) is 0 Å². The molecule has 2 N–H and O–H groups in total. The number of aromatic nitrogens is 3. The van der Waals surface area contributed by atoms with Gasteiger partial charge < -0.3 is 15.4 Å². The molecule has 1 aromatic carbocycles. The fourth-order valence-corrected chi connectivity index (χ4v) is 3.67. The van der Waals surface area contributed by atoms with Gasteiger partial charge in [-0.15, -0.1) is 6.58 Å². The van der Waals surface area contributed by atoms with Gasteiger partial charge in [-0.1, -0.05) is 18.2 Å². The van der Waals surface area contributed by atoms with Gasteiger partial charge in [0.15, 0.2) is 0 Å². The number of carbonyl (C=O) groups excluding carboxylic acids is 1. The lowest BCUT2D eigenvalue weighted by molar-refractivity contribution is 0.0954. The topological polar surface area (TPSA) is 113 Å². The number of amides is 1. The molecule has 2 aromatic heterocycles. The molecule has 4 rings (SSSR count). The van der Waals surface area contributed by atoms with E-state index in [-0.39, 0.29) is 18.2 Å². The zero-order valence-corrected chi connectivity index (χ0v) is 18.1. The smallest absolute Gasteiger partial charge is 0.251 e. The predicted octanol–water partition coefficient (Wildman–Crippen LogP) is 3.50. The molecule has 3 aromatic rings. The van der Waals surface area contributed by atoms with Crippen LogP contribution in [0.5, 0.6) is 5.75 Å². The number of fused-ring (bicyclic) bond motifs is 1. The van der Waals surface area contributed by atoms with Gasteiger partial charge in [-0.25, -0.2) is 9.97 Å². The summed E-state index contributed by atoms with van der Waals surface area (Å²) in [5.41, 5.74) is 4.20. The molecule has 166 valence electrons. The van der Waals surface area contributed by atoms with Gasteiger partial charge in [0, 0.05) is 54.4 Å². The molecule has 3 heterocycles. The summed E-state index contributed by atoms with van der Waals surface area (Å²) in [7, 11) is 0. The highest BCUT2D eigenvalue weighted by Gasteiger charge is 2.21. The molecular weight excluding hydrogens is 416 g/mol. The quantitative estimate of drug-likeness (QED) is 0.387. The van der Waals surface area contributed by atoms with Gasteiger partial charge in [-0.05, 0) is 18.2 Å². The fourth-order valence-electron chi connectivity index (χ4n) is 3.67. The molecule has 0 saturated heterocycles. The standard InChI is InChI=1S/C25H24N6O2/c1-2-17(20-8-12-27-21-9-13-33-24(20)21)15-29-23-14-22(30-16-31-23)18-4-6-19(7-5-18)25(32)28-11-3-10-26/h2,4-8,12,14,16-17H,1,3,9,11,13,15H2,(H,28,32)(H,29,30,31)/t17-/m1/s1. The molecule has 0 aliphatic carbocycles. The number of nitriles is 1. The monoisotopic (exact) mass is 440 g/mol. The Morgan fingerprint density at radius 1 is 1.24 bits per heavy atom. The van der Waals surface area contributed by atoms with E-state index in [1.807, 2.05) is 42.6 Å². The third-order valence-corrected chi connectivity index (χ3v) is 5.41. The van der Waals surface area contributed by atoms with E-state index in [0.717, 1.165) is 34.7 Å². The number of nitrogens with zero attached hydrogens (tertiary/aromatic N) is 4. The average molecular weight is 441 g/mol. The maximum atomic E-state index is 12.1. The van der Waals surface area contributed by atoms with E-state index >= 15 is 0 Å². The summed E-state index contributed by atoms with van der Waals surface area (Å²) < 4.78 is 5.79. The summed E-state index contributed by atoms with van der Waals surface area (Å²) >= 11 is 0. The highest BCUT2D eigenvalue weighted by Crippen LogP contribution is 2.33. The van der Waals surface area contributed by atoms with Gasteiger partial charge in [0.05, 0.1) is 30.5 Å². The highest BCUT2D eigenvalue weighted by molar-refractivity contribution is 5.94. The Morgan fingerprint density at radius 2 is 2.09 bits per heavy atom. The van der Waals surface area contributed by atoms with Crippen LogP contribution in [-0.4, -0.2) is 40.6 Å². The van der Waals surface area contributed by atoms with Crippen molar-refractivity contribution in [1.29, 1.82) is 5.26 Å². The lowest BCUT2D eigenvalue weighted by atomic mass is 9.98. The Bertz CT molecular complexity index is 1190. The number of anilines is 1. The minimum absolute atomic E-state index is 0.0390. The first kappa shape index (κ1) is 22.0. The summed E-state index contributed by atoms with van der Waals surface area (Å²) in [5, 5.41) is 14.7. The number of pyridine rings is 1. The summed E-state index contributed by atoms with van der Waals surface area (Å²) in [4.78, 5) is 25.2. The van der Waals surface area contributed by atoms with Crippen molar-refractivity contribution in [2.45, 2.75) is 18.8 Å². The van der Waals surface area contributed by atoms with E-state index in [4.69, 9.17) is 10.00 Å². The number of hydrogen-bond acceptors (Lipinski definition) is 7. The second-order valence-corrected chi connectivity index (χ2v) is 7.53. The molecule has 1 amide bonds. The minimum atomic E-state index is -0.205. The zero-order valence-electron chi connectivity index (χ0n) is 18.1. The van der Waals surface area contributed by atoms with Gasteiger partial charge >= 0.3 is 0 Å². The van der Waals surface area contributed by atoms with Gasteiger partial charge in [0.25, 0.3) is 5.91 Å². The molecule has 0 saturated carbocycles. The zero-order chi connectivity index (χ0) is 23.0. The van der Waals surface area contributed by atoms with Crippen LogP contribution < -0.4 is 15.4 Å². The van der Waals surface area contributed by atoms with E-state index in [2.05, 4.69) is 32.2 Å². The van der Waals surface area contributed by atoms with E-state index in [9.17, 15) is 4.79 Å². The minimum Gasteiger partial charge on any atom is -0.491 e. The number of hydrogen-bond donors (Lipinski definition) is 2. The number of carbonyl (C=O) groups is 1. The molecule has 8 heteroatoms. The van der Waals surface area contributed by atoms with Crippen LogP contribution in [0.2, 0.25) is 0 Å². The third-order valence-electron chi connectivity index (χ3n) is 5.41. The van der Waals surface area contributed by atoms with Crippen LogP contribution in [0.1, 0.15) is 34.0 Å². The summed E-state index contributed by atoms with van der Waals surface area (Å²) in [6, 6.07) is 13.0. The SMILES string of the molecule is C=C[C@H](CNc1cc(-c2ccc(C(=O)NCCC#N)cc2)ncn1)c1ccnc2c1OCC2. The normalized spacial score (nSPS) is 12.7. The first-order valence-electron chi connectivity index (χ1n) is 10.7. The molecule has 1 aliphatic rings. The van der Waals surface area contributed by atoms with Crippen molar-refractivity contribution >= 4 is 11.7 Å². The Hall–Kier alpha value is -4.25. The average Bonchev–Trinajstić information content (AvgIpc) is 3.34. The highest BCUT2D eigenvalue weighted by atomic mass is 16.5. The second kappa shape index (κ2) is 10.4. The maximum absolute atomic E-state index is 12.1. The Kier molecular flexibility index (Phi) is 6.90. The molecular formula is C25H24N6O2. The van der Waals surface area contributed by atoms with Crippen molar-refractivity contribution in [2.24, 2.45) is 0 Å². The first-order valence-corrected chi connectivity index (χ1v) is 10.7. The number of rotatable bonds is 9. The summed E-state index contributed by atoms with van der Waals surface area (Å²) in [6.45, 7) is 5.58. The predicted molar refractivity (Wildman–Crippen MR) is 125 cm³/mol. The molecule has 8 nitrogen and oxygen atoms in total. The van der Waals surface area contributed by atoms with Gasteiger partial charge in [0.2, 0.25) is 0 Å². The van der Waals surface area contributed by atoms with Crippen molar-refractivity contribution in [3.05, 3.63) is 78.4 Å². The lowest BCUT2D eigenvalue weighted by Gasteiger charge is -2.17. The van der Waals surface area contributed by atoms with Crippen molar-refractivity contribution in [3.63, 3.8) is 0 Å². The van der Waals surface area contributed by atoms with Crippen molar-refractivity contribution in [1.82, 2.24) is 20.3 Å². The van der Waals surface area contributed by atoms with Gasteiger partial charge in [-0.2, -0.15) is 5.26 Å².